The molecule has 0 aliphatic carbocycles. The van der Waals surface area contributed by atoms with Crippen LogP contribution in [0.2, 0.25) is 0 Å². The fourth-order valence-electron chi connectivity index (χ4n) is 5.35. The first-order valence-electron chi connectivity index (χ1n) is 14.7. The molecule has 3 aromatic carbocycles. The average molecular weight is 587 g/mol. The first-order chi connectivity index (χ1) is 21.0. The van der Waals surface area contributed by atoms with Crippen LogP contribution in [0.4, 0.5) is 0 Å². The zero-order valence-corrected chi connectivity index (χ0v) is 24.7. The van der Waals surface area contributed by atoms with Crippen molar-refractivity contribution in [1.29, 1.82) is 0 Å². The van der Waals surface area contributed by atoms with Crippen LogP contribution < -0.4 is 14.2 Å². The minimum Gasteiger partial charge on any atom is -0.507 e. The molecule has 43 heavy (non-hydrogen) atoms. The Morgan fingerprint density at radius 2 is 1.72 bits per heavy atom. The summed E-state index contributed by atoms with van der Waals surface area (Å²) in [6, 6.07) is 21.3. The lowest BCUT2D eigenvalue weighted by Crippen LogP contribution is -2.42. The van der Waals surface area contributed by atoms with Crippen molar-refractivity contribution >= 4 is 17.4 Å². The standard InChI is InChI=1S/C34H38N2O7/c1-3-18-42-27-11-7-10-26(21-27)32(37)30-31(36(34(39)33(30)38)15-14-35-16-19-41-20-17-35)25-12-13-28(29(22-25)40-2)43-23-24-8-5-4-6-9-24/h4-13,21-22,31,37H,3,14-20,23H2,1-2H3. The van der Waals surface area contributed by atoms with E-state index in [4.69, 9.17) is 18.9 Å². The minimum atomic E-state index is -0.821. The number of hydrogen-bond acceptors (Lipinski definition) is 8. The molecule has 0 radical (unpaired) electrons. The number of amides is 1. The molecule has 2 heterocycles. The Balaban J connectivity index is 1.51. The van der Waals surface area contributed by atoms with Crippen LogP contribution in [0.15, 0.2) is 78.4 Å². The molecule has 1 atom stereocenters. The molecule has 0 aromatic heterocycles. The fraction of sp³-hybridized carbons (Fsp3) is 0.353. The van der Waals surface area contributed by atoms with E-state index < -0.39 is 17.7 Å². The third-order valence-electron chi connectivity index (χ3n) is 7.62. The average Bonchev–Trinajstić information content (AvgIpc) is 3.31. The number of aliphatic hydroxyl groups is 1. The van der Waals surface area contributed by atoms with E-state index in [2.05, 4.69) is 4.90 Å². The molecule has 0 saturated carbocycles. The summed E-state index contributed by atoms with van der Waals surface area (Å²) >= 11 is 0. The largest absolute Gasteiger partial charge is 0.507 e. The van der Waals surface area contributed by atoms with Crippen molar-refractivity contribution in [2.24, 2.45) is 0 Å². The second-order valence-electron chi connectivity index (χ2n) is 10.5. The van der Waals surface area contributed by atoms with Gasteiger partial charge in [0.1, 0.15) is 18.1 Å². The maximum absolute atomic E-state index is 13.6. The topological polar surface area (TPSA) is 97.8 Å². The molecule has 9 heteroatoms. The van der Waals surface area contributed by atoms with Gasteiger partial charge in [0, 0.05) is 31.7 Å². The number of ether oxygens (including phenoxy) is 4. The van der Waals surface area contributed by atoms with Crippen LogP contribution in [-0.2, 0) is 20.9 Å². The fourth-order valence-corrected chi connectivity index (χ4v) is 5.35. The summed E-state index contributed by atoms with van der Waals surface area (Å²) in [5.41, 5.74) is 2.07. The Morgan fingerprint density at radius 3 is 2.47 bits per heavy atom. The highest BCUT2D eigenvalue weighted by molar-refractivity contribution is 6.46. The van der Waals surface area contributed by atoms with Crippen LogP contribution in [-0.4, -0.2) is 79.7 Å². The van der Waals surface area contributed by atoms with Gasteiger partial charge in [-0.2, -0.15) is 0 Å². The van der Waals surface area contributed by atoms with E-state index in [1.165, 1.54) is 0 Å². The van der Waals surface area contributed by atoms with Gasteiger partial charge in [0.25, 0.3) is 11.7 Å². The SMILES string of the molecule is CCCOc1cccc(C(O)=C2C(=O)C(=O)N(CCN3CCOCC3)C2c2ccc(OCc3ccccc3)c(OC)c2)c1. The lowest BCUT2D eigenvalue weighted by molar-refractivity contribution is -0.140. The molecule has 0 bridgehead atoms. The summed E-state index contributed by atoms with van der Waals surface area (Å²) in [7, 11) is 1.55. The van der Waals surface area contributed by atoms with E-state index in [-0.39, 0.29) is 11.3 Å². The van der Waals surface area contributed by atoms with E-state index in [1.807, 2.05) is 43.3 Å². The highest BCUT2D eigenvalue weighted by atomic mass is 16.5. The Morgan fingerprint density at radius 1 is 0.930 bits per heavy atom. The minimum absolute atomic E-state index is 0.0274. The summed E-state index contributed by atoms with van der Waals surface area (Å²) in [6.07, 6.45) is 0.831. The van der Waals surface area contributed by atoms with E-state index >= 15 is 0 Å². The van der Waals surface area contributed by atoms with Gasteiger partial charge in [0.15, 0.2) is 11.5 Å². The van der Waals surface area contributed by atoms with E-state index in [0.29, 0.717) is 67.9 Å². The highest BCUT2D eigenvalue weighted by Gasteiger charge is 2.46. The Kier molecular flexibility index (Phi) is 9.96. The molecular formula is C34H38N2O7. The number of ketones is 1. The summed E-state index contributed by atoms with van der Waals surface area (Å²) in [5.74, 6) is -0.0641. The predicted molar refractivity (Wildman–Crippen MR) is 162 cm³/mol. The van der Waals surface area contributed by atoms with Crippen molar-refractivity contribution in [2.45, 2.75) is 26.0 Å². The van der Waals surface area contributed by atoms with Crippen LogP contribution in [0.5, 0.6) is 17.2 Å². The monoisotopic (exact) mass is 586 g/mol. The molecule has 9 nitrogen and oxygen atoms in total. The van der Waals surface area contributed by atoms with Gasteiger partial charge in [-0.3, -0.25) is 14.5 Å². The van der Waals surface area contributed by atoms with Gasteiger partial charge < -0.3 is 29.0 Å². The second-order valence-corrected chi connectivity index (χ2v) is 10.5. The molecule has 0 spiro atoms. The zero-order valence-electron chi connectivity index (χ0n) is 24.7. The molecular weight excluding hydrogens is 548 g/mol. The number of carbonyl (C=O) groups is 2. The number of aliphatic hydroxyl groups excluding tert-OH is 1. The van der Waals surface area contributed by atoms with Gasteiger partial charge in [-0.1, -0.05) is 55.5 Å². The Bertz CT molecular complexity index is 1450. The Labute approximate surface area is 252 Å². The summed E-state index contributed by atoms with van der Waals surface area (Å²) in [5, 5.41) is 11.6. The molecule has 1 unspecified atom stereocenters. The first kappa shape index (κ1) is 30.1. The van der Waals surface area contributed by atoms with Gasteiger partial charge in [-0.15, -0.1) is 0 Å². The van der Waals surface area contributed by atoms with Crippen LogP contribution in [0.1, 0.15) is 36.1 Å². The van der Waals surface area contributed by atoms with Gasteiger partial charge in [0.2, 0.25) is 0 Å². The number of carbonyl (C=O) groups excluding carboxylic acids is 2. The summed E-state index contributed by atoms with van der Waals surface area (Å²) in [6.45, 7) is 6.51. The summed E-state index contributed by atoms with van der Waals surface area (Å²) < 4.78 is 22.9. The number of Topliss-reactive ketones (excluding diaryl/α,β-unsaturated/α-hetero) is 1. The summed E-state index contributed by atoms with van der Waals surface area (Å²) in [4.78, 5) is 30.8. The molecule has 3 aromatic rings. The van der Waals surface area contributed by atoms with Crippen LogP contribution >= 0.6 is 0 Å². The van der Waals surface area contributed by atoms with E-state index in [9.17, 15) is 14.7 Å². The number of methoxy groups -OCH3 is 1. The number of benzene rings is 3. The van der Waals surface area contributed by atoms with Crippen molar-refractivity contribution in [3.8, 4) is 17.2 Å². The van der Waals surface area contributed by atoms with E-state index in [0.717, 1.165) is 25.1 Å². The van der Waals surface area contributed by atoms with Crippen molar-refractivity contribution in [2.75, 3.05) is 53.1 Å². The van der Waals surface area contributed by atoms with Gasteiger partial charge in [-0.25, -0.2) is 0 Å². The van der Waals surface area contributed by atoms with Crippen molar-refractivity contribution in [1.82, 2.24) is 9.80 Å². The van der Waals surface area contributed by atoms with Gasteiger partial charge in [-0.05, 0) is 41.8 Å². The molecule has 226 valence electrons. The van der Waals surface area contributed by atoms with Gasteiger partial charge >= 0.3 is 0 Å². The number of morpholine rings is 1. The van der Waals surface area contributed by atoms with Crippen molar-refractivity contribution in [3.63, 3.8) is 0 Å². The van der Waals surface area contributed by atoms with Crippen molar-refractivity contribution in [3.05, 3.63) is 95.1 Å². The number of likely N-dealkylation sites (tertiary alicyclic amines) is 1. The van der Waals surface area contributed by atoms with E-state index in [1.54, 1.807) is 48.4 Å². The van der Waals surface area contributed by atoms with Crippen LogP contribution in [0, 0.1) is 0 Å². The normalized spacial score (nSPS) is 18.6. The lowest BCUT2D eigenvalue weighted by atomic mass is 9.95. The molecule has 2 saturated heterocycles. The van der Waals surface area contributed by atoms with Crippen LogP contribution in [0.25, 0.3) is 5.76 Å². The molecule has 1 N–H and O–H groups in total. The second kappa shape index (κ2) is 14.2. The predicted octanol–water partition coefficient (Wildman–Crippen LogP) is 4.82. The smallest absolute Gasteiger partial charge is 0.295 e. The third kappa shape index (κ3) is 7.01. The maximum atomic E-state index is 13.6. The zero-order chi connectivity index (χ0) is 30.2. The number of rotatable bonds is 12. The number of hydrogen-bond donors (Lipinski definition) is 1. The molecule has 1 amide bonds. The quantitative estimate of drug-likeness (QED) is 0.183. The molecule has 5 rings (SSSR count). The van der Waals surface area contributed by atoms with Gasteiger partial charge in [0.05, 0.1) is 38.5 Å². The van der Waals surface area contributed by atoms with Crippen LogP contribution in [0.3, 0.4) is 0 Å². The molecule has 2 aliphatic rings. The van der Waals surface area contributed by atoms with Crippen molar-refractivity contribution < 1.29 is 33.6 Å². The third-order valence-corrected chi connectivity index (χ3v) is 7.62. The highest BCUT2D eigenvalue weighted by Crippen LogP contribution is 2.42. The molecule has 2 fully saturated rings. The lowest BCUT2D eigenvalue weighted by Gasteiger charge is -2.31. The maximum Gasteiger partial charge on any atom is 0.295 e. The molecule has 2 aliphatic heterocycles. The first-order valence-corrected chi connectivity index (χ1v) is 14.7. The Hall–Kier alpha value is -4.34. The number of nitrogens with zero attached hydrogens (tertiary/aromatic N) is 2.